The van der Waals surface area contributed by atoms with E-state index < -0.39 is 0 Å². The monoisotopic (exact) mass is 379 g/mol. The summed E-state index contributed by atoms with van der Waals surface area (Å²) < 4.78 is 17.3. The number of para-hydroxylation sites is 3. The van der Waals surface area contributed by atoms with Crippen molar-refractivity contribution in [3.63, 3.8) is 0 Å². The van der Waals surface area contributed by atoms with Crippen LogP contribution in [0.4, 0.5) is 0 Å². The highest BCUT2D eigenvalue weighted by atomic mass is 32.1. The zero-order valence-electron chi connectivity index (χ0n) is 14.4. The predicted molar refractivity (Wildman–Crippen MR) is 103 cm³/mol. The summed E-state index contributed by atoms with van der Waals surface area (Å²) >= 11 is 1.50. The predicted octanol–water partition coefficient (Wildman–Crippen LogP) is 3.88. The fraction of sp³-hybridized carbons (Fsp3) is 0.190. The van der Waals surface area contributed by atoms with Crippen LogP contribution in [0.25, 0.3) is 10.4 Å². The van der Waals surface area contributed by atoms with Crippen LogP contribution in [0, 0.1) is 0 Å². The summed E-state index contributed by atoms with van der Waals surface area (Å²) in [5.41, 5.74) is 2.10. The first kappa shape index (κ1) is 16.2. The van der Waals surface area contributed by atoms with Crippen molar-refractivity contribution in [2.45, 2.75) is 12.7 Å². The molecule has 0 spiro atoms. The molecule has 2 aliphatic rings. The third kappa shape index (κ3) is 3.02. The average Bonchev–Trinajstić information content (AvgIpc) is 3.17. The van der Waals surface area contributed by atoms with Gasteiger partial charge in [-0.15, -0.1) is 11.3 Å². The lowest BCUT2D eigenvalue weighted by molar-refractivity contribution is 0.0791. The Morgan fingerprint density at radius 2 is 1.81 bits per heavy atom. The van der Waals surface area contributed by atoms with Gasteiger partial charge in [0, 0.05) is 16.0 Å². The fourth-order valence-corrected chi connectivity index (χ4v) is 4.38. The van der Waals surface area contributed by atoms with Gasteiger partial charge >= 0.3 is 0 Å². The summed E-state index contributed by atoms with van der Waals surface area (Å²) in [6, 6.07) is 17.4. The smallest absolute Gasteiger partial charge is 0.261 e. The molecule has 2 aliphatic heterocycles. The maximum atomic E-state index is 12.6. The highest BCUT2D eigenvalue weighted by molar-refractivity contribution is 7.17. The molecule has 1 N–H and O–H groups in total. The lowest BCUT2D eigenvalue weighted by Gasteiger charge is -2.26. The Bertz CT molecular complexity index is 1010. The largest absolute Gasteiger partial charge is 0.488 e. The fourth-order valence-electron chi connectivity index (χ4n) is 3.27. The topological polar surface area (TPSA) is 56.8 Å². The van der Waals surface area contributed by atoms with E-state index in [2.05, 4.69) is 5.32 Å². The molecule has 0 fully saturated rings. The van der Waals surface area contributed by atoms with Crippen molar-refractivity contribution in [1.29, 1.82) is 0 Å². The molecular weight excluding hydrogens is 362 g/mol. The van der Waals surface area contributed by atoms with Crippen LogP contribution in [0.2, 0.25) is 0 Å². The van der Waals surface area contributed by atoms with E-state index in [1.807, 2.05) is 54.6 Å². The van der Waals surface area contributed by atoms with Gasteiger partial charge in [-0.2, -0.15) is 0 Å². The van der Waals surface area contributed by atoms with Crippen LogP contribution in [0.3, 0.4) is 0 Å². The molecule has 5 nitrogen and oxygen atoms in total. The molecule has 1 unspecified atom stereocenters. The van der Waals surface area contributed by atoms with Crippen LogP contribution in [0.15, 0.2) is 54.6 Å². The van der Waals surface area contributed by atoms with Crippen LogP contribution in [0.5, 0.6) is 17.2 Å². The number of amides is 1. The maximum Gasteiger partial charge on any atom is 0.261 e. The van der Waals surface area contributed by atoms with E-state index in [0.29, 0.717) is 30.4 Å². The zero-order chi connectivity index (χ0) is 18.2. The number of nitrogens with one attached hydrogen (secondary N) is 1. The Morgan fingerprint density at radius 1 is 1.04 bits per heavy atom. The molecule has 136 valence electrons. The van der Waals surface area contributed by atoms with Crippen molar-refractivity contribution in [2.24, 2.45) is 0 Å². The second kappa shape index (κ2) is 6.63. The van der Waals surface area contributed by atoms with E-state index in [-0.39, 0.29) is 12.0 Å². The Kier molecular flexibility index (Phi) is 3.98. The van der Waals surface area contributed by atoms with Gasteiger partial charge in [0.2, 0.25) is 0 Å². The molecule has 0 aliphatic carbocycles. The minimum absolute atomic E-state index is 0.102. The molecule has 2 aromatic carbocycles. The summed E-state index contributed by atoms with van der Waals surface area (Å²) in [4.78, 5) is 14.4. The van der Waals surface area contributed by atoms with E-state index in [9.17, 15) is 4.79 Å². The Labute approximate surface area is 160 Å². The molecule has 1 aromatic heterocycles. The van der Waals surface area contributed by atoms with Crippen molar-refractivity contribution in [1.82, 2.24) is 5.32 Å². The van der Waals surface area contributed by atoms with Gasteiger partial charge in [-0.25, -0.2) is 0 Å². The van der Waals surface area contributed by atoms with Gasteiger partial charge in [0.1, 0.15) is 25.1 Å². The SMILES string of the molecule is O=C(NCC1COc2ccccc2O1)c1cc2c(s1)-c1ccccc1OC2. The number of carbonyl (C=O) groups excluding carboxylic acids is 1. The molecule has 0 bridgehead atoms. The molecule has 3 aromatic rings. The molecule has 6 heteroatoms. The van der Waals surface area contributed by atoms with Gasteiger partial charge in [0.05, 0.1) is 11.4 Å². The molecule has 27 heavy (non-hydrogen) atoms. The first-order valence-electron chi connectivity index (χ1n) is 8.79. The van der Waals surface area contributed by atoms with Crippen LogP contribution >= 0.6 is 11.3 Å². The minimum Gasteiger partial charge on any atom is -0.488 e. The Hall–Kier alpha value is -2.99. The molecular formula is C21H17NO4S. The van der Waals surface area contributed by atoms with Gasteiger partial charge in [-0.05, 0) is 30.3 Å². The van der Waals surface area contributed by atoms with Crippen LogP contribution in [0.1, 0.15) is 15.2 Å². The maximum absolute atomic E-state index is 12.6. The van der Waals surface area contributed by atoms with Crippen molar-refractivity contribution in [3.8, 4) is 27.7 Å². The van der Waals surface area contributed by atoms with Crippen LogP contribution in [-0.2, 0) is 6.61 Å². The Balaban J connectivity index is 1.27. The van der Waals surface area contributed by atoms with Gasteiger partial charge in [-0.1, -0.05) is 24.3 Å². The first-order chi connectivity index (χ1) is 13.3. The van der Waals surface area contributed by atoms with E-state index in [4.69, 9.17) is 14.2 Å². The minimum atomic E-state index is -0.206. The summed E-state index contributed by atoms with van der Waals surface area (Å²) in [5.74, 6) is 2.22. The highest BCUT2D eigenvalue weighted by Crippen LogP contribution is 2.42. The van der Waals surface area contributed by atoms with Gasteiger partial charge in [-0.3, -0.25) is 4.79 Å². The highest BCUT2D eigenvalue weighted by Gasteiger charge is 2.24. The normalized spacial score (nSPS) is 16.7. The second-order valence-corrected chi connectivity index (χ2v) is 7.51. The molecule has 0 radical (unpaired) electrons. The number of rotatable bonds is 3. The van der Waals surface area contributed by atoms with Crippen molar-refractivity contribution in [2.75, 3.05) is 13.2 Å². The quantitative estimate of drug-likeness (QED) is 0.750. The van der Waals surface area contributed by atoms with Gasteiger partial charge in [0.15, 0.2) is 11.5 Å². The van der Waals surface area contributed by atoms with Gasteiger partial charge in [0.25, 0.3) is 5.91 Å². The van der Waals surface area contributed by atoms with Crippen LogP contribution < -0.4 is 19.5 Å². The molecule has 5 rings (SSSR count). The number of thiophene rings is 1. The van der Waals surface area contributed by atoms with E-state index in [1.54, 1.807) is 0 Å². The number of hydrogen-bond acceptors (Lipinski definition) is 5. The molecule has 0 saturated carbocycles. The Morgan fingerprint density at radius 3 is 2.70 bits per heavy atom. The summed E-state index contributed by atoms with van der Waals surface area (Å²) in [5, 5.41) is 2.96. The summed E-state index contributed by atoms with van der Waals surface area (Å²) in [7, 11) is 0. The standard InChI is InChI=1S/C21H17NO4S/c23-21(22-10-14-12-25-17-7-3-4-8-18(17)26-14)19-9-13-11-24-16-6-2-1-5-15(16)20(13)27-19/h1-9,14H,10-12H2,(H,22,23). The van der Waals surface area contributed by atoms with Crippen molar-refractivity contribution in [3.05, 3.63) is 65.0 Å². The van der Waals surface area contributed by atoms with Crippen LogP contribution in [-0.4, -0.2) is 25.2 Å². The first-order valence-corrected chi connectivity index (χ1v) is 9.61. The summed E-state index contributed by atoms with van der Waals surface area (Å²) in [6.45, 7) is 1.30. The van der Waals surface area contributed by atoms with Crippen molar-refractivity contribution >= 4 is 17.2 Å². The average molecular weight is 379 g/mol. The van der Waals surface area contributed by atoms with E-state index in [0.717, 1.165) is 27.5 Å². The van der Waals surface area contributed by atoms with Crippen molar-refractivity contribution < 1.29 is 19.0 Å². The lowest BCUT2D eigenvalue weighted by atomic mass is 10.1. The third-order valence-electron chi connectivity index (χ3n) is 4.61. The molecule has 1 amide bonds. The second-order valence-electron chi connectivity index (χ2n) is 6.46. The van der Waals surface area contributed by atoms with E-state index in [1.165, 1.54) is 11.3 Å². The molecule has 1 atom stereocenters. The zero-order valence-corrected chi connectivity index (χ0v) is 15.3. The molecule has 3 heterocycles. The lowest BCUT2D eigenvalue weighted by Crippen LogP contribution is -2.40. The number of benzene rings is 2. The van der Waals surface area contributed by atoms with Gasteiger partial charge < -0.3 is 19.5 Å². The summed E-state index contributed by atoms with van der Waals surface area (Å²) in [6.07, 6.45) is -0.206. The number of carbonyl (C=O) groups is 1. The van der Waals surface area contributed by atoms with E-state index >= 15 is 0 Å². The third-order valence-corrected chi connectivity index (χ3v) is 5.81. The number of hydrogen-bond donors (Lipinski definition) is 1. The number of fused-ring (bicyclic) bond motifs is 4. The molecule has 0 saturated heterocycles. The number of ether oxygens (including phenoxy) is 3.